The van der Waals surface area contributed by atoms with Crippen LogP contribution >= 0.6 is 0 Å². The Kier molecular flexibility index (Phi) is 10.1. The molecule has 0 spiro atoms. The fourth-order valence-electron chi connectivity index (χ4n) is 5.86. The number of carbonyl (C=O) groups is 6. The van der Waals surface area contributed by atoms with E-state index < -0.39 is 47.9 Å². The molecule has 12 heteroatoms. The highest BCUT2D eigenvalue weighted by Crippen LogP contribution is 2.30. The van der Waals surface area contributed by atoms with Crippen LogP contribution in [0.4, 0.5) is 0 Å². The molecule has 0 unspecified atom stereocenters. The number of carboxylic acids is 1. The summed E-state index contributed by atoms with van der Waals surface area (Å²) in [4.78, 5) is 79.4. The van der Waals surface area contributed by atoms with Crippen molar-refractivity contribution in [2.75, 3.05) is 13.1 Å². The molecule has 5 N–H and O–H groups in total. The Bertz CT molecular complexity index is 1440. The summed E-state index contributed by atoms with van der Waals surface area (Å²) in [7, 11) is 0. The summed E-state index contributed by atoms with van der Waals surface area (Å²) in [5, 5.41) is 20.8. The second kappa shape index (κ2) is 14.4. The van der Waals surface area contributed by atoms with Crippen LogP contribution in [0.5, 0.6) is 0 Å². The molecule has 5 amide bonds. The van der Waals surface area contributed by atoms with Crippen molar-refractivity contribution in [2.24, 2.45) is 5.92 Å². The molecule has 2 aromatic rings. The van der Waals surface area contributed by atoms with Gasteiger partial charge in [0.1, 0.15) is 18.1 Å². The van der Waals surface area contributed by atoms with E-state index in [1.54, 1.807) is 18.2 Å². The molecule has 4 atom stereocenters. The summed E-state index contributed by atoms with van der Waals surface area (Å²) < 4.78 is 0. The van der Waals surface area contributed by atoms with E-state index in [9.17, 15) is 33.9 Å². The van der Waals surface area contributed by atoms with Crippen LogP contribution < -0.4 is 21.3 Å². The van der Waals surface area contributed by atoms with Gasteiger partial charge in [0.2, 0.25) is 23.6 Å². The van der Waals surface area contributed by atoms with E-state index in [-0.39, 0.29) is 50.0 Å². The highest BCUT2D eigenvalue weighted by molar-refractivity contribution is 5.99. The Morgan fingerprint density at radius 2 is 1.62 bits per heavy atom. The van der Waals surface area contributed by atoms with Crippen molar-refractivity contribution in [3.8, 4) is 11.1 Å². The Labute approximate surface area is 261 Å². The first-order valence-electron chi connectivity index (χ1n) is 15.6. The quantitative estimate of drug-likeness (QED) is 0.327. The fraction of sp³-hybridized carbons (Fsp3) is 0.455. The van der Waals surface area contributed by atoms with Gasteiger partial charge in [-0.2, -0.15) is 0 Å². The highest BCUT2D eigenvalue weighted by atomic mass is 16.4. The third-order valence-corrected chi connectivity index (χ3v) is 8.53. The monoisotopic (exact) mass is 617 g/mol. The van der Waals surface area contributed by atoms with E-state index in [2.05, 4.69) is 21.3 Å². The molecule has 2 aliphatic heterocycles. The number of fused-ring (bicyclic) bond motifs is 1. The molecule has 0 bridgehead atoms. The number of aliphatic carboxylic acids is 1. The molecule has 2 aromatic carbocycles. The number of rotatable bonds is 6. The summed E-state index contributed by atoms with van der Waals surface area (Å²) in [5.74, 6) is -3.47. The molecule has 238 valence electrons. The van der Waals surface area contributed by atoms with Gasteiger partial charge in [-0.05, 0) is 68.2 Å². The standard InChI is InChI=1S/C33H39N5O7/c39-28-15-14-26(33(44)45)37-31(42)27-18-24(35-29(40)21-12-13-21)19-38(27)32(43)25(11-4-5-16-34-28)36-30(41)23-10-6-9-22(17-23)20-7-2-1-3-8-20/h1-3,6-10,17,21,24-27H,4-5,11-16,18-19H2,(H,34,39)(H,35,40)(H,36,41)(H,37,42)(H,44,45)/t24-,25+,26+,27+/m1/s1. The van der Waals surface area contributed by atoms with Crippen molar-refractivity contribution in [1.82, 2.24) is 26.2 Å². The molecule has 12 nitrogen and oxygen atoms in total. The number of carboxylic acid groups (broad SMARTS) is 1. The van der Waals surface area contributed by atoms with Gasteiger partial charge in [-0.3, -0.25) is 24.0 Å². The molecule has 3 aliphatic rings. The number of nitrogens with zero attached hydrogens (tertiary/aromatic N) is 1. The van der Waals surface area contributed by atoms with E-state index >= 15 is 0 Å². The van der Waals surface area contributed by atoms with Crippen molar-refractivity contribution in [1.29, 1.82) is 0 Å². The van der Waals surface area contributed by atoms with Gasteiger partial charge in [-0.15, -0.1) is 0 Å². The van der Waals surface area contributed by atoms with Crippen molar-refractivity contribution in [2.45, 2.75) is 75.5 Å². The topological polar surface area (TPSA) is 174 Å². The lowest BCUT2D eigenvalue weighted by molar-refractivity contribution is -0.144. The van der Waals surface area contributed by atoms with Gasteiger partial charge >= 0.3 is 5.97 Å². The molecule has 1 saturated carbocycles. The largest absolute Gasteiger partial charge is 0.480 e. The summed E-state index contributed by atoms with van der Waals surface area (Å²) in [5.41, 5.74) is 2.14. The summed E-state index contributed by atoms with van der Waals surface area (Å²) in [6.45, 7) is 0.363. The summed E-state index contributed by atoms with van der Waals surface area (Å²) >= 11 is 0. The average Bonchev–Trinajstić information content (AvgIpc) is 3.81. The Morgan fingerprint density at radius 3 is 2.36 bits per heavy atom. The minimum Gasteiger partial charge on any atom is -0.480 e. The predicted octanol–water partition coefficient (Wildman–Crippen LogP) is 1.60. The lowest BCUT2D eigenvalue weighted by Crippen LogP contribution is -2.55. The second-order valence-electron chi connectivity index (χ2n) is 12.0. The van der Waals surface area contributed by atoms with Crippen molar-refractivity contribution in [3.63, 3.8) is 0 Å². The Morgan fingerprint density at radius 1 is 0.867 bits per heavy atom. The smallest absolute Gasteiger partial charge is 0.326 e. The van der Waals surface area contributed by atoms with Crippen LogP contribution in [0.1, 0.15) is 61.7 Å². The Balaban J connectivity index is 1.39. The number of hydrogen-bond acceptors (Lipinski definition) is 6. The van der Waals surface area contributed by atoms with Crippen LogP contribution in [0.3, 0.4) is 0 Å². The second-order valence-corrected chi connectivity index (χ2v) is 12.0. The van der Waals surface area contributed by atoms with Gasteiger partial charge in [0.25, 0.3) is 5.91 Å². The van der Waals surface area contributed by atoms with E-state index in [0.717, 1.165) is 24.0 Å². The van der Waals surface area contributed by atoms with E-state index in [4.69, 9.17) is 0 Å². The van der Waals surface area contributed by atoms with Crippen LogP contribution in [-0.2, 0) is 24.0 Å². The van der Waals surface area contributed by atoms with Crippen molar-refractivity contribution < 1.29 is 33.9 Å². The zero-order chi connectivity index (χ0) is 31.9. The molecule has 0 radical (unpaired) electrons. The van der Waals surface area contributed by atoms with Gasteiger partial charge in [-0.25, -0.2) is 4.79 Å². The molecular formula is C33H39N5O7. The third-order valence-electron chi connectivity index (χ3n) is 8.53. The van der Waals surface area contributed by atoms with Crippen molar-refractivity contribution in [3.05, 3.63) is 60.2 Å². The fourth-order valence-corrected chi connectivity index (χ4v) is 5.86. The number of nitrogens with one attached hydrogen (secondary N) is 4. The maximum atomic E-state index is 14.1. The third kappa shape index (κ3) is 8.25. The first kappa shape index (κ1) is 31.7. The average molecular weight is 618 g/mol. The summed E-state index contributed by atoms with van der Waals surface area (Å²) in [6.07, 6.45) is 2.74. The molecule has 0 aromatic heterocycles. The van der Waals surface area contributed by atoms with Gasteiger partial charge in [-0.1, -0.05) is 42.5 Å². The van der Waals surface area contributed by atoms with Gasteiger partial charge in [0.15, 0.2) is 0 Å². The molecule has 3 fully saturated rings. The first-order valence-corrected chi connectivity index (χ1v) is 15.6. The van der Waals surface area contributed by atoms with Gasteiger partial charge in [0.05, 0.1) is 0 Å². The number of hydrogen-bond donors (Lipinski definition) is 5. The molecule has 2 saturated heterocycles. The Hall–Kier alpha value is -4.74. The van der Waals surface area contributed by atoms with Gasteiger partial charge in [0, 0.05) is 37.0 Å². The molecule has 5 rings (SSSR count). The lowest BCUT2D eigenvalue weighted by Gasteiger charge is -2.29. The maximum Gasteiger partial charge on any atom is 0.326 e. The molecular weight excluding hydrogens is 578 g/mol. The van der Waals surface area contributed by atoms with E-state index in [1.807, 2.05) is 36.4 Å². The molecule has 1 aliphatic carbocycles. The SMILES string of the molecule is O=C1CC[C@@H](C(=O)O)NC(=O)[C@@H]2C[C@@H](NC(=O)C3CC3)CN2C(=O)[C@@H](NC(=O)c2cccc(-c3ccccc3)c2)CCCCN1. The van der Waals surface area contributed by atoms with Gasteiger partial charge < -0.3 is 31.3 Å². The van der Waals surface area contributed by atoms with Crippen LogP contribution in [0.2, 0.25) is 0 Å². The van der Waals surface area contributed by atoms with E-state index in [1.165, 1.54) is 4.90 Å². The summed E-state index contributed by atoms with van der Waals surface area (Å²) in [6, 6.07) is 12.7. The highest BCUT2D eigenvalue weighted by Gasteiger charge is 2.44. The number of carbonyl (C=O) groups excluding carboxylic acids is 5. The minimum absolute atomic E-state index is 0.0447. The normalized spacial score (nSPS) is 24.7. The van der Waals surface area contributed by atoms with E-state index in [0.29, 0.717) is 24.9 Å². The zero-order valence-electron chi connectivity index (χ0n) is 25.0. The zero-order valence-corrected chi connectivity index (χ0v) is 25.0. The van der Waals surface area contributed by atoms with Crippen LogP contribution in [0.25, 0.3) is 11.1 Å². The van der Waals surface area contributed by atoms with Crippen LogP contribution in [-0.4, -0.2) is 82.8 Å². The van der Waals surface area contributed by atoms with Crippen LogP contribution in [0.15, 0.2) is 54.6 Å². The molecule has 2 heterocycles. The molecule has 45 heavy (non-hydrogen) atoms. The predicted molar refractivity (Wildman–Crippen MR) is 164 cm³/mol. The first-order chi connectivity index (χ1) is 21.7. The van der Waals surface area contributed by atoms with Crippen molar-refractivity contribution >= 4 is 35.5 Å². The minimum atomic E-state index is -1.34. The lowest BCUT2D eigenvalue weighted by atomic mass is 10.0. The maximum absolute atomic E-state index is 14.1. The number of amides is 5. The number of benzene rings is 2. The van der Waals surface area contributed by atoms with Crippen LogP contribution in [0, 0.1) is 5.92 Å².